The third-order valence-electron chi connectivity index (χ3n) is 4.12. The van der Waals surface area contributed by atoms with Crippen LogP contribution in [-0.4, -0.2) is 15.5 Å². The van der Waals surface area contributed by atoms with Gasteiger partial charge in [0.1, 0.15) is 12.4 Å². The highest BCUT2D eigenvalue weighted by Gasteiger charge is 2.14. The van der Waals surface area contributed by atoms with E-state index in [9.17, 15) is 14.0 Å². The van der Waals surface area contributed by atoms with Gasteiger partial charge in [-0.15, -0.1) is 0 Å². The lowest BCUT2D eigenvalue weighted by Crippen LogP contribution is -2.34. The monoisotopic (exact) mass is 373 g/mol. The van der Waals surface area contributed by atoms with Crippen LogP contribution in [0.25, 0.3) is 10.9 Å². The Balaban J connectivity index is 1.79. The first-order valence-corrected chi connectivity index (χ1v) is 8.55. The molecule has 0 aliphatic carbocycles. The van der Waals surface area contributed by atoms with Crippen molar-refractivity contribution in [3.63, 3.8) is 0 Å². The van der Waals surface area contributed by atoms with E-state index < -0.39 is 11.4 Å². The third-order valence-corrected chi connectivity index (χ3v) is 4.37. The highest BCUT2D eigenvalue weighted by atomic mass is 35.5. The second kappa shape index (κ2) is 7.66. The molecule has 3 aromatic rings. The van der Waals surface area contributed by atoms with Crippen LogP contribution in [0.15, 0.2) is 53.6 Å². The number of nitrogens with zero attached hydrogens (tertiary/aromatic N) is 2. The van der Waals surface area contributed by atoms with Crippen molar-refractivity contribution in [2.45, 2.75) is 25.9 Å². The molecular formula is C19H17ClFN3O2. The highest BCUT2D eigenvalue weighted by Crippen LogP contribution is 2.19. The molecule has 1 aromatic heterocycles. The zero-order valence-electron chi connectivity index (χ0n) is 14.1. The minimum atomic E-state index is -0.521. The Kier molecular flexibility index (Phi) is 5.32. The van der Waals surface area contributed by atoms with Crippen molar-refractivity contribution in [2.75, 3.05) is 0 Å². The minimum Gasteiger partial charge on any atom is -0.348 e. The molecule has 0 saturated carbocycles. The Labute approximate surface area is 154 Å². The van der Waals surface area contributed by atoms with Crippen LogP contribution >= 0.6 is 11.6 Å². The number of carbonyl (C=O) groups excluding carboxylic acids is 1. The van der Waals surface area contributed by atoms with E-state index in [4.69, 9.17) is 11.6 Å². The summed E-state index contributed by atoms with van der Waals surface area (Å²) in [4.78, 5) is 28.9. The van der Waals surface area contributed by atoms with Gasteiger partial charge in [-0.1, -0.05) is 30.7 Å². The van der Waals surface area contributed by atoms with Gasteiger partial charge in [0.2, 0.25) is 5.91 Å². The molecule has 7 heteroatoms. The van der Waals surface area contributed by atoms with Crippen LogP contribution in [0.4, 0.5) is 4.39 Å². The van der Waals surface area contributed by atoms with Crippen molar-refractivity contribution in [1.29, 1.82) is 0 Å². The van der Waals surface area contributed by atoms with Crippen molar-refractivity contribution in [3.05, 3.63) is 75.5 Å². The van der Waals surface area contributed by atoms with Crippen molar-refractivity contribution < 1.29 is 9.18 Å². The van der Waals surface area contributed by atoms with Gasteiger partial charge in [0.15, 0.2) is 0 Å². The molecule has 134 valence electrons. The topological polar surface area (TPSA) is 64.0 Å². The maximum Gasteiger partial charge on any atom is 0.261 e. The van der Waals surface area contributed by atoms with Gasteiger partial charge in [-0.05, 0) is 42.3 Å². The summed E-state index contributed by atoms with van der Waals surface area (Å²) >= 11 is 5.89. The molecule has 1 heterocycles. The lowest BCUT2D eigenvalue weighted by molar-refractivity contribution is -0.122. The molecule has 1 amide bonds. The Hall–Kier alpha value is -2.73. The smallest absolute Gasteiger partial charge is 0.261 e. The number of hydrogen-bond acceptors (Lipinski definition) is 3. The lowest BCUT2D eigenvalue weighted by atomic mass is 10.0. The van der Waals surface area contributed by atoms with Crippen LogP contribution in [0.2, 0.25) is 5.02 Å². The molecule has 0 aliphatic rings. The number of nitrogens with one attached hydrogen (secondary N) is 1. The summed E-state index contributed by atoms with van der Waals surface area (Å²) in [6.45, 7) is 1.76. The molecule has 0 bridgehead atoms. The van der Waals surface area contributed by atoms with Gasteiger partial charge in [0.25, 0.3) is 5.56 Å². The number of amides is 1. The fourth-order valence-electron chi connectivity index (χ4n) is 2.75. The second-order valence-electron chi connectivity index (χ2n) is 5.92. The Bertz CT molecular complexity index is 1000. The molecule has 3 rings (SSSR count). The molecule has 0 aliphatic heterocycles. The van der Waals surface area contributed by atoms with Gasteiger partial charge in [-0.25, -0.2) is 9.37 Å². The lowest BCUT2D eigenvalue weighted by Gasteiger charge is -2.18. The molecule has 1 atom stereocenters. The predicted octanol–water partition coefficient (Wildman–Crippen LogP) is 3.46. The van der Waals surface area contributed by atoms with Gasteiger partial charge in [-0.2, -0.15) is 0 Å². The molecule has 26 heavy (non-hydrogen) atoms. The molecule has 0 spiro atoms. The summed E-state index contributed by atoms with van der Waals surface area (Å²) in [6.07, 6.45) is 1.98. The molecule has 0 radical (unpaired) electrons. The molecule has 0 fully saturated rings. The fraction of sp³-hybridized carbons (Fsp3) is 0.211. The van der Waals surface area contributed by atoms with Crippen LogP contribution in [0, 0.1) is 5.82 Å². The van der Waals surface area contributed by atoms with E-state index >= 15 is 0 Å². The van der Waals surface area contributed by atoms with Crippen molar-refractivity contribution in [1.82, 2.24) is 14.9 Å². The van der Waals surface area contributed by atoms with E-state index in [0.29, 0.717) is 17.0 Å². The van der Waals surface area contributed by atoms with Gasteiger partial charge >= 0.3 is 0 Å². The molecule has 1 unspecified atom stereocenters. The average Bonchev–Trinajstić information content (AvgIpc) is 2.63. The molecular weight excluding hydrogens is 357 g/mol. The first kappa shape index (κ1) is 18.1. The molecule has 0 saturated heterocycles. The zero-order valence-corrected chi connectivity index (χ0v) is 14.8. The van der Waals surface area contributed by atoms with E-state index in [2.05, 4.69) is 10.3 Å². The summed E-state index contributed by atoms with van der Waals surface area (Å²) < 4.78 is 14.6. The van der Waals surface area contributed by atoms with Crippen LogP contribution < -0.4 is 10.9 Å². The van der Waals surface area contributed by atoms with Crippen molar-refractivity contribution in [3.8, 4) is 0 Å². The SMILES string of the molecule is CCC(NC(=O)Cn1cnc2ccc(F)cc2c1=O)c1ccc(Cl)cc1. The number of aromatic nitrogens is 2. The van der Waals surface area contributed by atoms with Gasteiger partial charge < -0.3 is 5.32 Å². The first-order chi connectivity index (χ1) is 12.5. The van der Waals surface area contributed by atoms with Gasteiger partial charge in [-0.3, -0.25) is 14.2 Å². The predicted molar refractivity (Wildman–Crippen MR) is 98.6 cm³/mol. The van der Waals surface area contributed by atoms with Crippen LogP contribution in [-0.2, 0) is 11.3 Å². The molecule has 1 N–H and O–H groups in total. The highest BCUT2D eigenvalue weighted by molar-refractivity contribution is 6.30. The summed E-state index contributed by atoms with van der Waals surface area (Å²) in [5.74, 6) is -0.848. The van der Waals surface area contributed by atoms with E-state index in [0.717, 1.165) is 11.6 Å². The maximum atomic E-state index is 13.4. The number of hydrogen-bond donors (Lipinski definition) is 1. The Morgan fingerprint density at radius 2 is 2.00 bits per heavy atom. The largest absolute Gasteiger partial charge is 0.348 e. The summed E-state index contributed by atoms with van der Waals surface area (Å²) in [7, 11) is 0. The quantitative estimate of drug-likeness (QED) is 0.745. The van der Waals surface area contributed by atoms with Crippen LogP contribution in [0.1, 0.15) is 24.9 Å². The van der Waals surface area contributed by atoms with E-state index in [1.165, 1.54) is 23.0 Å². The molecule has 5 nitrogen and oxygen atoms in total. The Morgan fingerprint density at radius 3 is 2.69 bits per heavy atom. The zero-order chi connectivity index (χ0) is 18.7. The normalized spacial score (nSPS) is 12.1. The summed E-state index contributed by atoms with van der Waals surface area (Å²) in [5, 5.41) is 3.66. The molecule has 2 aromatic carbocycles. The first-order valence-electron chi connectivity index (χ1n) is 8.17. The maximum absolute atomic E-state index is 13.4. The van der Waals surface area contributed by atoms with E-state index in [-0.39, 0.29) is 23.9 Å². The fourth-order valence-corrected chi connectivity index (χ4v) is 2.88. The van der Waals surface area contributed by atoms with Crippen LogP contribution in [0.5, 0.6) is 0 Å². The summed E-state index contributed by atoms with van der Waals surface area (Å²) in [6, 6.07) is 10.8. The number of benzene rings is 2. The van der Waals surface area contributed by atoms with Gasteiger partial charge in [0.05, 0.1) is 23.3 Å². The number of rotatable bonds is 5. The van der Waals surface area contributed by atoms with Crippen molar-refractivity contribution in [2.24, 2.45) is 0 Å². The van der Waals surface area contributed by atoms with Crippen LogP contribution in [0.3, 0.4) is 0 Å². The van der Waals surface area contributed by atoms with Gasteiger partial charge in [0, 0.05) is 5.02 Å². The second-order valence-corrected chi connectivity index (χ2v) is 6.36. The minimum absolute atomic E-state index is 0.144. The average molecular weight is 374 g/mol. The standard InChI is InChI=1S/C19H17ClFN3O2/c1-2-16(12-3-5-13(20)6-4-12)23-18(25)10-24-11-22-17-8-7-14(21)9-15(17)19(24)26/h3-9,11,16H,2,10H2,1H3,(H,23,25). The van der Waals surface area contributed by atoms with E-state index in [1.807, 2.05) is 19.1 Å². The van der Waals surface area contributed by atoms with Crippen molar-refractivity contribution >= 4 is 28.4 Å². The Morgan fingerprint density at radius 1 is 1.27 bits per heavy atom. The van der Waals surface area contributed by atoms with E-state index in [1.54, 1.807) is 12.1 Å². The number of carbonyl (C=O) groups is 1. The number of halogens is 2. The summed E-state index contributed by atoms with van der Waals surface area (Å²) in [5.41, 5.74) is 0.862. The third kappa shape index (κ3) is 3.91. The number of fused-ring (bicyclic) bond motifs is 1.